The summed E-state index contributed by atoms with van der Waals surface area (Å²) in [6, 6.07) is 2.49. The van der Waals surface area contributed by atoms with Crippen molar-refractivity contribution in [1.29, 1.82) is 0 Å². The van der Waals surface area contributed by atoms with Crippen LogP contribution in [-0.2, 0) is 4.74 Å². The zero-order chi connectivity index (χ0) is 16.4. The highest BCUT2D eigenvalue weighted by molar-refractivity contribution is 5.97. The van der Waals surface area contributed by atoms with Gasteiger partial charge < -0.3 is 14.8 Å². The summed E-state index contributed by atoms with van der Waals surface area (Å²) in [7, 11) is 1.20. The minimum Gasteiger partial charge on any atom is -0.493 e. The van der Waals surface area contributed by atoms with Crippen LogP contribution in [0.15, 0.2) is 12.1 Å². The molecular formula is C16H20F2N2O3. The molecule has 1 saturated carbocycles. The molecule has 1 saturated heterocycles. The summed E-state index contributed by atoms with van der Waals surface area (Å²) in [6.07, 6.45) is 2.28. The van der Waals surface area contributed by atoms with Crippen LogP contribution >= 0.6 is 0 Å². The van der Waals surface area contributed by atoms with Crippen molar-refractivity contribution in [2.75, 3.05) is 33.4 Å². The first-order valence-corrected chi connectivity index (χ1v) is 7.76. The molecule has 0 bridgehead atoms. The standard InChI is InChI=1S/C16H20F2N2O3/c1-22-15-13(18)5-4-12(17)14(15)16(21)19-8-11-9-20(6-7-23-11)10-2-3-10/h4-5,10-11H,2-3,6-9H2,1H3,(H,19,21). The highest BCUT2D eigenvalue weighted by Gasteiger charge is 2.33. The molecule has 2 aliphatic rings. The molecule has 1 atom stereocenters. The van der Waals surface area contributed by atoms with E-state index < -0.39 is 23.1 Å². The Morgan fingerprint density at radius 3 is 2.83 bits per heavy atom. The first kappa shape index (κ1) is 16.1. The van der Waals surface area contributed by atoms with Gasteiger partial charge in [0.05, 0.1) is 19.8 Å². The number of benzene rings is 1. The van der Waals surface area contributed by atoms with Gasteiger partial charge in [-0.15, -0.1) is 0 Å². The smallest absolute Gasteiger partial charge is 0.258 e. The van der Waals surface area contributed by atoms with E-state index in [4.69, 9.17) is 9.47 Å². The Bertz CT molecular complexity index is 593. The normalized spacial score (nSPS) is 22.0. The highest BCUT2D eigenvalue weighted by atomic mass is 19.1. The number of methoxy groups -OCH3 is 1. The number of rotatable bonds is 5. The third kappa shape index (κ3) is 3.61. The fourth-order valence-electron chi connectivity index (χ4n) is 2.88. The second kappa shape index (κ2) is 6.80. The average Bonchev–Trinajstić information content (AvgIpc) is 3.39. The molecule has 1 heterocycles. The Morgan fingerprint density at radius 1 is 1.39 bits per heavy atom. The van der Waals surface area contributed by atoms with Crippen LogP contribution in [0.4, 0.5) is 8.78 Å². The van der Waals surface area contributed by atoms with Gasteiger partial charge in [-0.3, -0.25) is 9.69 Å². The number of amides is 1. The van der Waals surface area contributed by atoms with Crippen molar-refractivity contribution < 1.29 is 23.0 Å². The molecule has 126 valence electrons. The van der Waals surface area contributed by atoms with Crippen molar-refractivity contribution in [3.8, 4) is 5.75 Å². The van der Waals surface area contributed by atoms with E-state index in [1.807, 2.05) is 0 Å². The van der Waals surface area contributed by atoms with E-state index in [0.29, 0.717) is 12.6 Å². The van der Waals surface area contributed by atoms with Crippen LogP contribution in [0.2, 0.25) is 0 Å². The third-order valence-corrected chi connectivity index (χ3v) is 4.21. The predicted octanol–water partition coefficient (Wildman–Crippen LogP) is 1.57. The Kier molecular flexibility index (Phi) is 4.77. The lowest BCUT2D eigenvalue weighted by molar-refractivity contribution is -0.0293. The third-order valence-electron chi connectivity index (χ3n) is 4.21. The number of ether oxygens (including phenoxy) is 2. The van der Waals surface area contributed by atoms with Gasteiger partial charge in [0.25, 0.3) is 5.91 Å². The van der Waals surface area contributed by atoms with Gasteiger partial charge in [-0.1, -0.05) is 0 Å². The van der Waals surface area contributed by atoms with Crippen molar-refractivity contribution in [3.05, 3.63) is 29.3 Å². The Balaban J connectivity index is 1.62. The van der Waals surface area contributed by atoms with Crippen LogP contribution in [0.5, 0.6) is 5.75 Å². The molecule has 0 aromatic heterocycles. The fourth-order valence-corrected chi connectivity index (χ4v) is 2.88. The highest BCUT2D eigenvalue weighted by Crippen LogP contribution is 2.28. The van der Waals surface area contributed by atoms with Crippen molar-refractivity contribution in [2.24, 2.45) is 0 Å². The number of nitrogens with zero attached hydrogens (tertiary/aromatic N) is 1. The van der Waals surface area contributed by atoms with Gasteiger partial charge in [0, 0.05) is 25.7 Å². The molecule has 1 aliphatic carbocycles. The summed E-state index contributed by atoms with van der Waals surface area (Å²) < 4.78 is 37.9. The van der Waals surface area contributed by atoms with Crippen LogP contribution in [0.25, 0.3) is 0 Å². The van der Waals surface area contributed by atoms with E-state index in [-0.39, 0.29) is 18.4 Å². The maximum absolute atomic E-state index is 13.9. The molecular weight excluding hydrogens is 306 g/mol. The van der Waals surface area contributed by atoms with Crippen LogP contribution in [0, 0.1) is 11.6 Å². The fraction of sp³-hybridized carbons (Fsp3) is 0.562. The molecule has 1 aromatic carbocycles. The van der Waals surface area contributed by atoms with E-state index in [0.717, 1.165) is 25.2 Å². The summed E-state index contributed by atoms with van der Waals surface area (Å²) in [5, 5.41) is 2.61. The maximum atomic E-state index is 13.9. The van der Waals surface area contributed by atoms with E-state index in [9.17, 15) is 13.6 Å². The van der Waals surface area contributed by atoms with Gasteiger partial charge in [0.15, 0.2) is 11.6 Å². The number of carbonyl (C=O) groups is 1. The molecule has 0 radical (unpaired) electrons. The zero-order valence-corrected chi connectivity index (χ0v) is 13.0. The second-order valence-electron chi connectivity index (χ2n) is 5.87. The lowest BCUT2D eigenvalue weighted by Gasteiger charge is -2.33. The predicted molar refractivity (Wildman–Crippen MR) is 79.6 cm³/mol. The minimum atomic E-state index is -0.815. The van der Waals surface area contributed by atoms with Crippen molar-refractivity contribution in [2.45, 2.75) is 25.0 Å². The van der Waals surface area contributed by atoms with Gasteiger partial charge in [0.2, 0.25) is 0 Å². The van der Waals surface area contributed by atoms with E-state index in [1.54, 1.807) is 0 Å². The first-order chi connectivity index (χ1) is 11.1. The lowest BCUT2D eigenvalue weighted by Crippen LogP contribution is -2.48. The Labute approximate surface area is 133 Å². The molecule has 0 spiro atoms. The lowest BCUT2D eigenvalue weighted by atomic mass is 10.1. The van der Waals surface area contributed by atoms with Gasteiger partial charge in [0.1, 0.15) is 11.4 Å². The topological polar surface area (TPSA) is 50.8 Å². The molecule has 1 amide bonds. The average molecular weight is 326 g/mol. The van der Waals surface area contributed by atoms with Gasteiger partial charge in [-0.25, -0.2) is 8.78 Å². The SMILES string of the molecule is COc1c(F)ccc(F)c1C(=O)NCC1CN(C2CC2)CCO1. The quantitative estimate of drug-likeness (QED) is 0.892. The number of nitrogens with one attached hydrogen (secondary N) is 1. The molecule has 1 N–H and O–H groups in total. The molecule has 7 heteroatoms. The van der Waals surface area contributed by atoms with Crippen LogP contribution in [0.3, 0.4) is 0 Å². The minimum absolute atomic E-state index is 0.143. The Morgan fingerprint density at radius 2 is 2.13 bits per heavy atom. The molecule has 2 fully saturated rings. The number of carbonyl (C=O) groups excluding carboxylic acids is 1. The summed E-state index contributed by atoms with van der Waals surface area (Å²) in [5.41, 5.74) is -0.414. The monoisotopic (exact) mass is 326 g/mol. The zero-order valence-electron chi connectivity index (χ0n) is 13.0. The molecule has 1 unspecified atom stereocenters. The van der Waals surface area contributed by atoms with E-state index >= 15 is 0 Å². The van der Waals surface area contributed by atoms with Gasteiger partial charge in [-0.05, 0) is 25.0 Å². The van der Waals surface area contributed by atoms with E-state index in [2.05, 4.69) is 10.2 Å². The van der Waals surface area contributed by atoms with Crippen LogP contribution < -0.4 is 10.1 Å². The molecule has 1 aromatic rings. The van der Waals surface area contributed by atoms with E-state index in [1.165, 1.54) is 20.0 Å². The number of hydrogen-bond acceptors (Lipinski definition) is 4. The maximum Gasteiger partial charge on any atom is 0.258 e. The molecule has 3 rings (SSSR count). The first-order valence-electron chi connectivity index (χ1n) is 7.76. The summed E-state index contributed by atoms with van der Waals surface area (Å²) in [6.45, 7) is 2.52. The summed E-state index contributed by atoms with van der Waals surface area (Å²) in [4.78, 5) is 14.6. The van der Waals surface area contributed by atoms with Crippen molar-refractivity contribution in [3.63, 3.8) is 0 Å². The largest absolute Gasteiger partial charge is 0.493 e. The molecule has 1 aliphatic heterocycles. The van der Waals surface area contributed by atoms with Crippen molar-refractivity contribution >= 4 is 5.91 Å². The number of morpholine rings is 1. The summed E-state index contributed by atoms with van der Waals surface area (Å²) in [5.74, 6) is -2.67. The second-order valence-corrected chi connectivity index (χ2v) is 5.87. The summed E-state index contributed by atoms with van der Waals surface area (Å²) >= 11 is 0. The van der Waals surface area contributed by atoms with Gasteiger partial charge in [-0.2, -0.15) is 0 Å². The van der Waals surface area contributed by atoms with Crippen LogP contribution in [0.1, 0.15) is 23.2 Å². The number of halogens is 2. The molecule has 5 nitrogen and oxygen atoms in total. The number of hydrogen-bond donors (Lipinski definition) is 1. The Hall–Kier alpha value is -1.73. The van der Waals surface area contributed by atoms with Gasteiger partial charge >= 0.3 is 0 Å². The van der Waals surface area contributed by atoms with Crippen molar-refractivity contribution in [1.82, 2.24) is 10.2 Å². The van der Waals surface area contributed by atoms with Crippen LogP contribution in [-0.4, -0.2) is 56.3 Å². The molecule has 23 heavy (non-hydrogen) atoms.